The standard InChI is InChI=1S/C24H18N2/c1-3-9-20(10-4-1)24(21-11-5-2-6-12-21)16-15-19-14-13-18-8-7-17-25-22(18)23(19)26-24/h1-17,26H. The molecule has 2 heterocycles. The fourth-order valence-electron chi connectivity index (χ4n) is 3.79. The lowest BCUT2D eigenvalue weighted by Gasteiger charge is -2.37. The minimum Gasteiger partial charge on any atom is -0.366 e. The van der Waals surface area contributed by atoms with E-state index in [9.17, 15) is 0 Å². The van der Waals surface area contributed by atoms with Gasteiger partial charge in [-0.15, -0.1) is 0 Å². The van der Waals surface area contributed by atoms with Gasteiger partial charge < -0.3 is 5.32 Å². The van der Waals surface area contributed by atoms with E-state index in [1.165, 1.54) is 16.7 Å². The molecule has 1 aromatic heterocycles. The van der Waals surface area contributed by atoms with Crippen LogP contribution in [0.5, 0.6) is 0 Å². The molecular weight excluding hydrogens is 316 g/mol. The van der Waals surface area contributed by atoms with Gasteiger partial charge in [-0.2, -0.15) is 0 Å². The summed E-state index contributed by atoms with van der Waals surface area (Å²) in [5, 5.41) is 4.98. The van der Waals surface area contributed by atoms with Gasteiger partial charge in [0.2, 0.25) is 0 Å². The normalized spacial score (nSPS) is 14.6. The van der Waals surface area contributed by atoms with Crippen LogP contribution in [-0.2, 0) is 5.54 Å². The highest BCUT2D eigenvalue weighted by Crippen LogP contribution is 2.42. The van der Waals surface area contributed by atoms with Gasteiger partial charge in [0.05, 0.1) is 11.2 Å². The molecule has 2 nitrogen and oxygen atoms in total. The fourth-order valence-corrected chi connectivity index (χ4v) is 3.79. The summed E-state index contributed by atoms with van der Waals surface area (Å²) < 4.78 is 0. The average Bonchev–Trinajstić information content (AvgIpc) is 2.74. The molecule has 5 rings (SSSR count). The molecule has 0 fully saturated rings. The van der Waals surface area contributed by atoms with Crippen molar-refractivity contribution in [2.24, 2.45) is 0 Å². The third-order valence-electron chi connectivity index (χ3n) is 5.10. The zero-order chi connectivity index (χ0) is 17.4. The first-order valence-corrected chi connectivity index (χ1v) is 8.83. The van der Waals surface area contributed by atoms with E-state index in [2.05, 4.69) is 101 Å². The molecule has 0 amide bonds. The van der Waals surface area contributed by atoms with Gasteiger partial charge in [0.1, 0.15) is 5.54 Å². The van der Waals surface area contributed by atoms with Crippen LogP contribution in [0.1, 0.15) is 16.7 Å². The summed E-state index contributed by atoms with van der Waals surface area (Å²) in [5.74, 6) is 0. The molecule has 3 aromatic carbocycles. The number of anilines is 1. The zero-order valence-electron chi connectivity index (χ0n) is 14.3. The molecule has 0 aliphatic carbocycles. The first-order chi connectivity index (χ1) is 12.9. The number of aromatic nitrogens is 1. The zero-order valence-corrected chi connectivity index (χ0v) is 14.3. The smallest absolute Gasteiger partial charge is 0.107 e. The minimum absolute atomic E-state index is 0.415. The van der Waals surface area contributed by atoms with Gasteiger partial charge >= 0.3 is 0 Å². The van der Waals surface area contributed by atoms with E-state index >= 15 is 0 Å². The molecule has 26 heavy (non-hydrogen) atoms. The first kappa shape index (κ1) is 14.9. The Balaban J connectivity index is 1.78. The van der Waals surface area contributed by atoms with Crippen molar-refractivity contribution in [3.63, 3.8) is 0 Å². The second-order valence-electron chi connectivity index (χ2n) is 6.60. The highest BCUT2D eigenvalue weighted by Gasteiger charge is 2.34. The van der Waals surface area contributed by atoms with Crippen LogP contribution in [0.25, 0.3) is 17.0 Å². The Hall–Kier alpha value is -3.39. The molecule has 1 N–H and O–H groups in total. The van der Waals surface area contributed by atoms with E-state index in [0.29, 0.717) is 0 Å². The molecule has 1 aliphatic heterocycles. The Labute approximate surface area is 152 Å². The van der Waals surface area contributed by atoms with E-state index in [1.54, 1.807) is 0 Å². The SMILES string of the molecule is C1=CC(c2ccccc2)(c2ccccc2)Nc2c1ccc1cccnc21. The number of rotatable bonds is 2. The van der Waals surface area contributed by atoms with Crippen LogP contribution in [-0.4, -0.2) is 4.98 Å². The summed E-state index contributed by atoms with van der Waals surface area (Å²) >= 11 is 0. The van der Waals surface area contributed by atoms with Crippen LogP contribution in [0, 0.1) is 0 Å². The van der Waals surface area contributed by atoms with Gasteiger partial charge in [-0.1, -0.05) is 84.9 Å². The van der Waals surface area contributed by atoms with Crippen molar-refractivity contribution in [3.05, 3.63) is 114 Å². The van der Waals surface area contributed by atoms with E-state index in [1.807, 2.05) is 12.3 Å². The third kappa shape index (κ3) is 2.23. The Morgan fingerprint density at radius 3 is 2.08 bits per heavy atom. The number of nitrogens with zero attached hydrogens (tertiary/aromatic N) is 1. The Morgan fingerprint density at radius 1 is 0.692 bits per heavy atom. The molecule has 0 bridgehead atoms. The van der Waals surface area contributed by atoms with E-state index in [0.717, 1.165) is 16.6 Å². The summed E-state index contributed by atoms with van der Waals surface area (Å²) in [5.41, 5.74) is 5.26. The molecule has 0 unspecified atom stereocenters. The van der Waals surface area contributed by atoms with Crippen LogP contribution in [0.3, 0.4) is 0 Å². The lowest BCUT2D eigenvalue weighted by Crippen LogP contribution is -2.36. The highest BCUT2D eigenvalue weighted by molar-refractivity contribution is 5.97. The maximum Gasteiger partial charge on any atom is 0.107 e. The van der Waals surface area contributed by atoms with Crippen LogP contribution >= 0.6 is 0 Å². The van der Waals surface area contributed by atoms with Gasteiger partial charge in [0.25, 0.3) is 0 Å². The van der Waals surface area contributed by atoms with Crippen LogP contribution in [0.2, 0.25) is 0 Å². The Morgan fingerprint density at radius 2 is 1.38 bits per heavy atom. The number of nitrogens with one attached hydrogen (secondary N) is 1. The van der Waals surface area contributed by atoms with Gasteiger partial charge in [-0.05, 0) is 28.8 Å². The van der Waals surface area contributed by atoms with Crippen LogP contribution in [0.15, 0.2) is 97.2 Å². The molecular formula is C24H18N2. The van der Waals surface area contributed by atoms with E-state index in [-0.39, 0.29) is 0 Å². The Bertz CT molecular complexity index is 1060. The largest absolute Gasteiger partial charge is 0.366 e. The van der Waals surface area contributed by atoms with Crippen molar-refractivity contribution in [3.8, 4) is 0 Å². The van der Waals surface area contributed by atoms with Crippen molar-refractivity contribution in [2.75, 3.05) is 5.32 Å². The second-order valence-corrected chi connectivity index (χ2v) is 6.60. The lowest BCUT2D eigenvalue weighted by molar-refractivity contribution is 0.742. The van der Waals surface area contributed by atoms with Crippen molar-refractivity contribution in [1.29, 1.82) is 0 Å². The number of pyridine rings is 1. The quantitative estimate of drug-likeness (QED) is 0.515. The molecule has 1 aliphatic rings. The number of hydrogen-bond acceptors (Lipinski definition) is 2. The molecule has 0 atom stereocenters. The molecule has 4 aromatic rings. The van der Waals surface area contributed by atoms with Crippen molar-refractivity contribution >= 4 is 22.7 Å². The van der Waals surface area contributed by atoms with Crippen molar-refractivity contribution < 1.29 is 0 Å². The summed E-state index contributed by atoms with van der Waals surface area (Å²) in [6, 6.07) is 29.5. The predicted molar refractivity (Wildman–Crippen MR) is 108 cm³/mol. The second kappa shape index (κ2) is 5.85. The first-order valence-electron chi connectivity index (χ1n) is 8.83. The Kier molecular flexibility index (Phi) is 3.36. The van der Waals surface area contributed by atoms with Crippen LogP contribution < -0.4 is 5.32 Å². The summed E-state index contributed by atoms with van der Waals surface area (Å²) in [6.07, 6.45) is 6.32. The number of hydrogen-bond donors (Lipinski definition) is 1. The minimum atomic E-state index is -0.415. The predicted octanol–water partition coefficient (Wildman–Crippen LogP) is 5.62. The third-order valence-corrected chi connectivity index (χ3v) is 5.10. The van der Waals surface area contributed by atoms with Gasteiger partial charge in [0, 0.05) is 11.6 Å². The lowest BCUT2D eigenvalue weighted by atomic mass is 9.79. The van der Waals surface area contributed by atoms with E-state index < -0.39 is 5.54 Å². The topological polar surface area (TPSA) is 24.9 Å². The van der Waals surface area contributed by atoms with Gasteiger partial charge in [-0.3, -0.25) is 4.98 Å². The molecule has 124 valence electrons. The summed E-state index contributed by atoms with van der Waals surface area (Å²) in [4.78, 5) is 4.65. The molecule has 0 spiro atoms. The average molecular weight is 334 g/mol. The van der Waals surface area contributed by atoms with Crippen molar-refractivity contribution in [1.82, 2.24) is 4.98 Å². The maximum absolute atomic E-state index is 4.65. The molecule has 0 saturated heterocycles. The maximum atomic E-state index is 4.65. The van der Waals surface area contributed by atoms with Gasteiger partial charge in [-0.25, -0.2) is 0 Å². The summed E-state index contributed by atoms with van der Waals surface area (Å²) in [6.45, 7) is 0. The van der Waals surface area contributed by atoms with Crippen LogP contribution in [0.4, 0.5) is 5.69 Å². The fraction of sp³-hybridized carbons (Fsp3) is 0.0417. The molecule has 0 radical (unpaired) electrons. The highest BCUT2D eigenvalue weighted by atomic mass is 15.0. The van der Waals surface area contributed by atoms with Gasteiger partial charge in [0.15, 0.2) is 0 Å². The van der Waals surface area contributed by atoms with Crippen molar-refractivity contribution in [2.45, 2.75) is 5.54 Å². The number of benzene rings is 3. The monoisotopic (exact) mass is 334 g/mol. The molecule has 2 heteroatoms. The summed E-state index contributed by atoms with van der Waals surface area (Å²) in [7, 11) is 0. The molecule has 0 saturated carbocycles. The van der Waals surface area contributed by atoms with E-state index in [4.69, 9.17) is 0 Å². The number of fused-ring (bicyclic) bond motifs is 3.